The smallest absolute Gasteiger partial charge is 0.257 e. The number of anilines is 1. The third-order valence-corrected chi connectivity index (χ3v) is 3.56. The highest BCUT2D eigenvalue weighted by atomic mass is 32.1. The van der Waals surface area contributed by atoms with Gasteiger partial charge in [-0.05, 0) is 67.5 Å². The number of rotatable bonds is 4. The Hall–Kier alpha value is -2.60. The van der Waals surface area contributed by atoms with Crippen molar-refractivity contribution >= 4 is 28.9 Å². The maximum absolute atomic E-state index is 12.3. The Morgan fingerprint density at radius 1 is 0.958 bits per heavy atom. The number of aryl methyl sites for hydroxylation is 2. The molecule has 0 aromatic heterocycles. The first-order valence-electron chi connectivity index (χ1n) is 7.35. The van der Waals surface area contributed by atoms with E-state index in [0.717, 1.165) is 16.8 Å². The van der Waals surface area contributed by atoms with Gasteiger partial charge in [0.25, 0.3) is 5.91 Å². The molecule has 0 aliphatic carbocycles. The highest BCUT2D eigenvalue weighted by molar-refractivity contribution is 7.80. The van der Waals surface area contributed by atoms with E-state index in [1.807, 2.05) is 26.0 Å². The number of methoxy groups -OCH3 is 2. The van der Waals surface area contributed by atoms with E-state index in [-0.39, 0.29) is 11.0 Å². The Balaban J connectivity index is 2.07. The molecule has 6 heteroatoms. The molecule has 0 radical (unpaired) electrons. The number of hydrogen-bond acceptors (Lipinski definition) is 4. The van der Waals surface area contributed by atoms with Crippen LogP contribution >= 0.6 is 12.2 Å². The van der Waals surface area contributed by atoms with Gasteiger partial charge < -0.3 is 14.8 Å². The molecule has 0 aliphatic rings. The van der Waals surface area contributed by atoms with Gasteiger partial charge in [0, 0.05) is 11.3 Å². The van der Waals surface area contributed by atoms with E-state index in [4.69, 9.17) is 21.7 Å². The lowest BCUT2D eigenvalue weighted by molar-refractivity contribution is 0.0977. The van der Waals surface area contributed by atoms with Crippen molar-refractivity contribution < 1.29 is 14.3 Å². The van der Waals surface area contributed by atoms with Gasteiger partial charge >= 0.3 is 0 Å². The fourth-order valence-corrected chi connectivity index (χ4v) is 2.57. The molecular weight excluding hydrogens is 324 g/mol. The van der Waals surface area contributed by atoms with E-state index < -0.39 is 0 Å². The molecule has 5 nitrogen and oxygen atoms in total. The molecule has 2 aromatic carbocycles. The minimum atomic E-state index is -0.321. The van der Waals surface area contributed by atoms with E-state index >= 15 is 0 Å². The SMILES string of the molecule is COc1ccc(C(=O)NC(=S)Nc2cc(C)cc(C)c2)cc1OC. The Kier molecular flexibility index (Phi) is 5.76. The lowest BCUT2D eigenvalue weighted by Crippen LogP contribution is -2.34. The van der Waals surface area contributed by atoms with Gasteiger partial charge in [0.15, 0.2) is 16.6 Å². The molecule has 0 bridgehead atoms. The normalized spacial score (nSPS) is 10.0. The zero-order valence-corrected chi connectivity index (χ0v) is 14.9. The molecule has 2 rings (SSSR count). The predicted molar refractivity (Wildman–Crippen MR) is 99.1 cm³/mol. The molecule has 0 saturated carbocycles. The number of thiocarbonyl (C=S) groups is 1. The number of amides is 1. The molecule has 2 aromatic rings. The third kappa shape index (κ3) is 4.45. The summed E-state index contributed by atoms with van der Waals surface area (Å²) in [6.07, 6.45) is 0. The number of ether oxygens (including phenoxy) is 2. The summed E-state index contributed by atoms with van der Waals surface area (Å²) in [6.45, 7) is 4.01. The van der Waals surface area contributed by atoms with E-state index in [2.05, 4.69) is 16.7 Å². The first-order chi connectivity index (χ1) is 11.4. The van der Waals surface area contributed by atoms with Gasteiger partial charge in [-0.3, -0.25) is 10.1 Å². The fraction of sp³-hybridized carbons (Fsp3) is 0.222. The van der Waals surface area contributed by atoms with Gasteiger partial charge in [0.2, 0.25) is 0 Å². The zero-order valence-electron chi connectivity index (χ0n) is 14.1. The minimum absolute atomic E-state index is 0.236. The van der Waals surface area contributed by atoms with Gasteiger partial charge in [-0.15, -0.1) is 0 Å². The van der Waals surface area contributed by atoms with Crippen LogP contribution in [0.15, 0.2) is 36.4 Å². The number of benzene rings is 2. The number of carbonyl (C=O) groups excluding carboxylic acids is 1. The lowest BCUT2D eigenvalue weighted by Gasteiger charge is -2.12. The van der Waals surface area contributed by atoms with Gasteiger partial charge in [-0.1, -0.05) is 6.07 Å². The van der Waals surface area contributed by atoms with Crippen LogP contribution in [0.4, 0.5) is 5.69 Å². The second kappa shape index (κ2) is 7.79. The maximum Gasteiger partial charge on any atom is 0.257 e. The summed E-state index contributed by atoms with van der Waals surface area (Å²) in [5.74, 6) is 0.723. The highest BCUT2D eigenvalue weighted by Gasteiger charge is 2.12. The highest BCUT2D eigenvalue weighted by Crippen LogP contribution is 2.27. The van der Waals surface area contributed by atoms with E-state index in [1.54, 1.807) is 25.3 Å². The van der Waals surface area contributed by atoms with Crippen LogP contribution in [0.2, 0.25) is 0 Å². The molecule has 0 aliphatic heterocycles. The first-order valence-corrected chi connectivity index (χ1v) is 7.76. The number of nitrogens with one attached hydrogen (secondary N) is 2. The van der Waals surface area contributed by atoms with Gasteiger partial charge in [0.05, 0.1) is 14.2 Å². The van der Waals surface area contributed by atoms with Crippen molar-refractivity contribution in [1.82, 2.24) is 5.32 Å². The summed E-state index contributed by atoms with van der Waals surface area (Å²) in [5.41, 5.74) is 3.50. The van der Waals surface area contributed by atoms with Crippen LogP contribution < -0.4 is 20.1 Å². The zero-order chi connectivity index (χ0) is 17.7. The summed E-state index contributed by atoms with van der Waals surface area (Å²) >= 11 is 5.21. The third-order valence-electron chi connectivity index (χ3n) is 3.35. The molecule has 2 N–H and O–H groups in total. The van der Waals surface area contributed by atoms with Crippen LogP contribution in [0.1, 0.15) is 21.5 Å². The molecule has 126 valence electrons. The molecule has 0 saturated heterocycles. The standard InChI is InChI=1S/C18H20N2O3S/c1-11-7-12(2)9-14(8-11)19-18(24)20-17(21)13-5-6-15(22-3)16(10-13)23-4/h5-10H,1-4H3,(H2,19,20,21,24). The largest absolute Gasteiger partial charge is 0.493 e. The van der Waals surface area contributed by atoms with E-state index in [9.17, 15) is 4.79 Å². The van der Waals surface area contributed by atoms with Crippen molar-refractivity contribution in [2.45, 2.75) is 13.8 Å². The molecule has 1 amide bonds. The molecule has 0 unspecified atom stereocenters. The quantitative estimate of drug-likeness (QED) is 0.832. The topological polar surface area (TPSA) is 59.6 Å². The monoisotopic (exact) mass is 344 g/mol. The summed E-state index contributed by atoms with van der Waals surface area (Å²) in [4.78, 5) is 12.3. The summed E-state index contributed by atoms with van der Waals surface area (Å²) in [5, 5.41) is 5.91. The summed E-state index contributed by atoms with van der Waals surface area (Å²) in [6, 6.07) is 10.9. The van der Waals surface area contributed by atoms with E-state index in [0.29, 0.717) is 17.1 Å². The van der Waals surface area contributed by atoms with Crippen LogP contribution in [-0.4, -0.2) is 25.2 Å². The van der Waals surface area contributed by atoms with Gasteiger partial charge in [0.1, 0.15) is 0 Å². The van der Waals surface area contributed by atoms with Crippen LogP contribution in [-0.2, 0) is 0 Å². The number of carbonyl (C=O) groups is 1. The second-order valence-electron chi connectivity index (χ2n) is 5.35. The van der Waals surface area contributed by atoms with Crippen molar-refractivity contribution in [3.8, 4) is 11.5 Å². The molecule has 24 heavy (non-hydrogen) atoms. The maximum atomic E-state index is 12.3. The molecule has 0 spiro atoms. The molecule has 0 atom stereocenters. The first kappa shape index (κ1) is 17.7. The van der Waals surface area contributed by atoms with E-state index in [1.165, 1.54) is 7.11 Å². The number of hydrogen-bond donors (Lipinski definition) is 2. The van der Waals surface area contributed by atoms with Crippen LogP contribution in [0.25, 0.3) is 0 Å². The Morgan fingerprint density at radius 3 is 2.17 bits per heavy atom. The van der Waals surface area contributed by atoms with Crippen molar-refractivity contribution in [2.75, 3.05) is 19.5 Å². The molecule has 0 heterocycles. The van der Waals surface area contributed by atoms with Crippen LogP contribution in [0, 0.1) is 13.8 Å². The van der Waals surface area contributed by atoms with Gasteiger partial charge in [-0.2, -0.15) is 0 Å². The Labute approximate surface area is 147 Å². The summed E-state index contributed by atoms with van der Waals surface area (Å²) < 4.78 is 10.4. The lowest BCUT2D eigenvalue weighted by atomic mass is 10.1. The van der Waals surface area contributed by atoms with Crippen LogP contribution in [0.5, 0.6) is 11.5 Å². The fourth-order valence-electron chi connectivity index (χ4n) is 2.36. The van der Waals surface area contributed by atoms with Crippen molar-refractivity contribution in [3.63, 3.8) is 0 Å². The molecule has 0 fully saturated rings. The van der Waals surface area contributed by atoms with Crippen LogP contribution in [0.3, 0.4) is 0 Å². The average Bonchev–Trinajstić information content (AvgIpc) is 2.52. The average molecular weight is 344 g/mol. The molecular formula is C18H20N2O3S. The van der Waals surface area contributed by atoms with Crippen molar-refractivity contribution in [3.05, 3.63) is 53.1 Å². The van der Waals surface area contributed by atoms with Crippen molar-refractivity contribution in [2.24, 2.45) is 0 Å². The minimum Gasteiger partial charge on any atom is -0.493 e. The van der Waals surface area contributed by atoms with Gasteiger partial charge in [-0.25, -0.2) is 0 Å². The predicted octanol–water partition coefficient (Wildman–Crippen LogP) is 3.45. The Morgan fingerprint density at radius 2 is 1.58 bits per heavy atom. The summed E-state index contributed by atoms with van der Waals surface area (Å²) in [7, 11) is 3.06. The second-order valence-corrected chi connectivity index (χ2v) is 5.76. The van der Waals surface area contributed by atoms with Crippen molar-refractivity contribution in [1.29, 1.82) is 0 Å². The Bertz CT molecular complexity index is 755.